The quantitative estimate of drug-likeness (QED) is 0.480. The fourth-order valence-electron chi connectivity index (χ4n) is 1.71. The van der Waals surface area contributed by atoms with E-state index < -0.39 is 0 Å². The van der Waals surface area contributed by atoms with Gasteiger partial charge in [-0.1, -0.05) is 58.0 Å². The molecule has 90 valence electrons. The van der Waals surface area contributed by atoms with Gasteiger partial charge in [0, 0.05) is 16.2 Å². The molecule has 0 radical (unpaired) electrons. The predicted octanol–water partition coefficient (Wildman–Crippen LogP) is 3.85. The molecule has 17 heavy (non-hydrogen) atoms. The SMILES string of the molecule is CC1=C(C)N(CC(=O)c2ccccc2)C(Br)S1. The number of allylic oxidation sites excluding steroid dienone is 2. The van der Waals surface area contributed by atoms with Crippen LogP contribution in [0.5, 0.6) is 0 Å². The number of nitrogens with zero attached hydrogens (tertiary/aromatic N) is 1. The van der Waals surface area contributed by atoms with Crippen molar-refractivity contribution in [2.24, 2.45) is 0 Å². The van der Waals surface area contributed by atoms with Crippen molar-refractivity contribution >= 4 is 33.5 Å². The highest BCUT2D eigenvalue weighted by atomic mass is 79.9. The van der Waals surface area contributed by atoms with Crippen molar-refractivity contribution in [3.63, 3.8) is 0 Å². The maximum atomic E-state index is 12.1. The molecular weight excluding hydrogens is 298 g/mol. The van der Waals surface area contributed by atoms with Gasteiger partial charge in [0.05, 0.1) is 6.54 Å². The average molecular weight is 312 g/mol. The van der Waals surface area contributed by atoms with Crippen molar-refractivity contribution in [3.8, 4) is 0 Å². The first-order valence-electron chi connectivity index (χ1n) is 5.42. The van der Waals surface area contributed by atoms with Crippen LogP contribution < -0.4 is 0 Å². The van der Waals surface area contributed by atoms with E-state index in [1.165, 1.54) is 10.6 Å². The summed E-state index contributed by atoms with van der Waals surface area (Å²) < 4.78 is 0.176. The highest BCUT2D eigenvalue weighted by Gasteiger charge is 2.27. The topological polar surface area (TPSA) is 20.3 Å². The van der Waals surface area contributed by atoms with E-state index in [9.17, 15) is 4.79 Å². The maximum absolute atomic E-state index is 12.1. The van der Waals surface area contributed by atoms with Crippen LogP contribution in [-0.4, -0.2) is 21.5 Å². The Morgan fingerprint density at radius 1 is 1.35 bits per heavy atom. The average Bonchev–Trinajstić information content (AvgIpc) is 2.57. The highest BCUT2D eigenvalue weighted by molar-refractivity contribution is 9.11. The number of ketones is 1. The minimum absolute atomic E-state index is 0.157. The van der Waals surface area contributed by atoms with E-state index in [0.29, 0.717) is 6.54 Å². The number of Topliss-reactive ketones (excluding diaryl/α,β-unsaturated/α-hetero) is 1. The second-order valence-corrected chi connectivity index (χ2v) is 6.74. The van der Waals surface area contributed by atoms with Crippen LogP contribution in [0.2, 0.25) is 0 Å². The fraction of sp³-hybridized carbons (Fsp3) is 0.308. The summed E-state index contributed by atoms with van der Waals surface area (Å²) in [6.45, 7) is 4.57. The second-order valence-electron chi connectivity index (χ2n) is 3.97. The van der Waals surface area contributed by atoms with Crippen molar-refractivity contribution in [3.05, 3.63) is 46.5 Å². The number of rotatable bonds is 3. The lowest BCUT2D eigenvalue weighted by Gasteiger charge is -2.22. The molecule has 1 aromatic carbocycles. The molecule has 0 spiro atoms. The summed E-state index contributed by atoms with van der Waals surface area (Å²) in [5.74, 6) is 0.157. The number of benzene rings is 1. The molecule has 1 aliphatic heterocycles. The van der Waals surface area contributed by atoms with Crippen molar-refractivity contribution in [1.82, 2.24) is 4.90 Å². The van der Waals surface area contributed by atoms with Crippen molar-refractivity contribution < 1.29 is 4.79 Å². The first kappa shape index (κ1) is 12.7. The molecule has 1 aliphatic rings. The summed E-state index contributed by atoms with van der Waals surface area (Å²) >= 11 is 5.33. The van der Waals surface area contributed by atoms with Gasteiger partial charge in [0.1, 0.15) is 4.28 Å². The molecule has 0 aliphatic carbocycles. The zero-order valence-electron chi connectivity index (χ0n) is 9.81. The summed E-state index contributed by atoms with van der Waals surface area (Å²) in [4.78, 5) is 15.5. The zero-order valence-corrected chi connectivity index (χ0v) is 12.2. The Hall–Kier alpha value is -0.740. The monoisotopic (exact) mass is 311 g/mol. The molecule has 1 heterocycles. The molecule has 0 saturated heterocycles. The first-order valence-corrected chi connectivity index (χ1v) is 7.22. The molecule has 0 N–H and O–H groups in total. The molecule has 1 atom stereocenters. The minimum Gasteiger partial charge on any atom is -0.345 e. The Morgan fingerprint density at radius 2 is 2.00 bits per heavy atom. The Labute approximate surface area is 114 Å². The van der Waals surface area contributed by atoms with Crippen molar-refractivity contribution in [1.29, 1.82) is 0 Å². The third-order valence-corrected chi connectivity index (χ3v) is 5.02. The molecule has 1 unspecified atom stereocenters. The van der Waals surface area contributed by atoms with E-state index in [2.05, 4.69) is 34.7 Å². The Balaban J connectivity index is 2.10. The zero-order chi connectivity index (χ0) is 12.4. The number of carbonyl (C=O) groups is 1. The molecule has 0 saturated carbocycles. The Bertz CT molecular complexity index is 458. The summed E-state index contributed by atoms with van der Waals surface area (Å²) in [5, 5.41) is 0. The third kappa shape index (κ3) is 2.75. The van der Waals surface area contributed by atoms with Gasteiger partial charge in [0.15, 0.2) is 5.78 Å². The Morgan fingerprint density at radius 3 is 2.53 bits per heavy atom. The van der Waals surface area contributed by atoms with Gasteiger partial charge >= 0.3 is 0 Å². The fourth-order valence-corrected chi connectivity index (χ4v) is 3.94. The van der Waals surface area contributed by atoms with Crippen molar-refractivity contribution in [2.45, 2.75) is 18.1 Å². The van der Waals surface area contributed by atoms with E-state index in [1.807, 2.05) is 30.3 Å². The van der Waals surface area contributed by atoms with Crippen LogP contribution in [0.15, 0.2) is 40.9 Å². The van der Waals surface area contributed by atoms with Gasteiger partial charge in [-0.3, -0.25) is 4.79 Å². The first-order chi connectivity index (χ1) is 8.09. The van der Waals surface area contributed by atoms with Gasteiger partial charge in [-0.25, -0.2) is 0 Å². The van der Waals surface area contributed by atoms with E-state index in [0.717, 1.165) is 5.56 Å². The van der Waals surface area contributed by atoms with Crippen LogP contribution >= 0.6 is 27.7 Å². The smallest absolute Gasteiger partial charge is 0.182 e. The number of carbonyl (C=O) groups excluding carboxylic acids is 1. The molecule has 0 fully saturated rings. The van der Waals surface area contributed by atoms with Crippen LogP contribution in [0.1, 0.15) is 24.2 Å². The summed E-state index contributed by atoms with van der Waals surface area (Å²) in [5.41, 5.74) is 1.95. The number of hydrogen-bond acceptors (Lipinski definition) is 3. The number of thioether (sulfide) groups is 1. The molecule has 1 aromatic rings. The standard InChI is InChI=1S/C13H14BrNOS/c1-9-10(2)17-13(14)15(9)8-12(16)11-6-4-3-5-7-11/h3-7,13H,8H2,1-2H3. The summed E-state index contributed by atoms with van der Waals surface area (Å²) in [6.07, 6.45) is 0. The largest absolute Gasteiger partial charge is 0.345 e. The lowest BCUT2D eigenvalue weighted by atomic mass is 10.1. The number of halogens is 1. The lowest BCUT2D eigenvalue weighted by Crippen LogP contribution is -2.29. The Kier molecular flexibility index (Phi) is 3.94. The molecule has 0 amide bonds. The molecular formula is C13H14BrNOS. The van der Waals surface area contributed by atoms with Gasteiger partial charge in [-0.05, 0) is 13.8 Å². The number of alkyl halides is 1. The minimum atomic E-state index is 0.157. The molecule has 2 nitrogen and oxygen atoms in total. The molecule has 4 heteroatoms. The van der Waals surface area contributed by atoms with Gasteiger partial charge < -0.3 is 4.90 Å². The van der Waals surface area contributed by atoms with E-state index in [1.54, 1.807) is 11.8 Å². The predicted molar refractivity (Wildman–Crippen MR) is 76.2 cm³/mol. The summed E-state index contributed by atoms with van der Waals surface area (Å²) in [7, 11) is 0. The van der Waals surface area contributed by atoms with Gasteiger partial charge in [0.25, 0.3) is 0 Å². The lowest BCUT2D eigenvalue weighted by molar-refractivity contribution is 0.0956. The van der Waals surface area contributed by atoms with Gasteiger partial charge in [-0.15, -0.1) is 0 Å². The van der Waals surface area contributed by atoms with Gasteiger partial charge in [-0.2, -0.15) is 0 Å². The summed E-state index contributed by atoms with van der Waals surface area (Å²) in [6, 6.07) is 9.43. The van der Waals surface area contributed by atoms with E-state index in [4.69, 9.17) is 0 Å². The van der Waals surface area contributed by atoms with E-state index >= 15 is 0 Å². The molecule has 0 bridgehead atoms. The van der Waals surface area contributed by atoms with Crippen LogP contribution in [-0.2, 0) is 0 Å². The normalized spacial score (nSPS) is 19.9. The van der Waals surface area contributed by atoms with Crippen LogP contribution in [0.3, 0.4) is 0 Å². The van der Waals surface area contributed by atoms with Gasteiger partial charge in [0.2, 0.25) is 0 Å². The second kappa shape index (κ2) is 5.27. The van der Waals surface area contributed by atoms with Crippen LogP contribution in [0.4, 0.5) is 0 Å². The number of hydrogen-bond donors (Lipinski definition) is 0. The van der Waals surface area contributed by atoms with Crippen molar-refractivity contribution in [2.75, 3.05) is 6.54 Å². The highest BCUT2D eigenvalue weighted by Crippen LogP contribution is 2.40. The molecule has 0 aromatic heterocycles. The van der Waals surface area contributed by atoms with Crippen LogP contribution in [0, 0.1) is 0 Å². The van der Waals surface area contributed by atoms with E-state index in [-0.39, 0.29) is 10.1 Å². The maximum Gasteiger partial charge on any atom is 0.182 e. The molecule has 2 rings (SSSR count). The third-order valence-electron chi connectivity index (χ3n) is 2.87. The van der Waals surface area contributed by atoms with Crippen LogP contribution in [0.25, 0.3) is 0 Å².